The molecule has 77 heavy (non-hydrogen) atoms. The second-order valence-corrected chi connectivity index (χ2v) is 19.8. The van der Waals surface area contributed by atoms with Gasteiger partial charge in [0.05, 0.1) is 0 Å². The van der Waals surface area contributed by atoms with Gasteiger partial charge in [-0.2, -0.15) is 0 Å². The van der Waals surface area contributed by atoms with Gasteiger partial charge in [-0.1, -0.05) is 249 Å². The van der Waals surface area contributed by atoms with Crippen LogP contribution in [-0.2, 0) is 28.6 Å². The van der Waals surface area contributed by atoms with Crippen LogP contribution in [0.25, 0.3) is 0 Å². The molecule has 0 radical (unpaired) electrons. The third-order valence-electron chi connectivity index (χ3n) is 12.5. The van der Waals surface area contributed by atoms with E-state index in [4.69, 9.17) is 14.2 Å². The maximum atomic E-state index is 12.9. The van der Waals surface area contributed by atoms with Crippen LogP contribution in [0.4, 0.5) is 0 Å². The molecule has 0 spiro atoms. The normalized spacial score (nSPS) is 13.2. The van der Waals surface area contributed by atoms with E-state index in [1.54, 1.807) is 0 Å². The van der Waals surface area contributed by atoms with Gasteiger partial charge in [-0.25, -0.2) is 0 Å². The van der Waals surface area contributed by atoms with E-state index in [1.165, 1.54) is 57.8 Å². The number of carbonyl (C=O) groups excluding carboxylic acids is 3. The van der Waals surface area contributed by atoms with E-state index >= 15 is 0 Å². The molecule has 0 aliphatic carbocycles. The molecule has 432 valence electrons. The molecule has 0 aromatic rings. The molecule has 0 aliphatic heterocycles. The van der Waals surface area contributed by atoms with Gasteiger partial charge in [-0.05, 0) is 141 Å². The summed E-state index contributed by atoms with van der Waals surface area (Å²) in [4.78, 5) is 38.3. The van der Waals surface area contributed by atoms with Gasteiger partial charge >= 0.3 is 17.9 Å². The van der Waals surface area contributed by atoms with Crippen molar-refractivity contribution in [2.75, 3.05) is 13.2 Å². The van der Waals surface area contributed by atoms with Crippen LogP contribution in [0.3, 0.4) is 0 Å². The van der Waals surface area contributed by atoms with E-state index in [1.807, 2.05) is 0 Å². The first kappa shape index (κ1) is 72.0. The van der Waals surface area contributed by atoms with Gasteiger partial charge in [0.15, 0.2) is 6.10 Å². The van der Waals surface area contributed by atoms with E-state index < -0.39 is 6.10 Å². The maximum absolute atomic E-state index is 12.9. The molecular weight excluding hydrogens is 949 g/mol. The summed E-state index contributed by atoms with van der Waals surface area (Å²) in [6.07, 6.45) is 92.5. The molecule has 0 saturated heterocycles. The van der Waals surface area contributed by atoms with E-state index in [0.29, 0.717) is 19.3 Å². The van der Waals surface area contributed by atoms with Gasteiger partial charge in [0.25, 0.3) is 0 Å². The fourth-order valence-electron chi connectivity index (χ4n) is 7.98. The molecule has 0 saturated carbocycles. The number of allylic oxidation sites excluding steroid dienone is 26. The summed E-state index contributed by atoms with van der Waals surface area (Å²) < 4.78 is 16.8. The predicted octanol–water partition coefficient (Wildman–Crippen LogP) is 21.3. The summed E-state index contributed by atoms with van der Waals surface area (Å²) in [5, 5.41) is 0. The van der Waals surface area contributed by atoms with Crippen molar-refractivity contribution in [1.82, 2.24) is 0 Å². The first-order valence-corrected chi connectivity index (χ1v) is 31.0. The van der Waals surface area contributed by atoms with Gasteiger partial charge in [0.1, 0.15) is 13.2 Å². The lowest BCUT2D eigenvalue weighted by Crippen LogP contribution is -2.30. The average Bonchev–Trinajstić information content (AvgIpc) is 3.43. The number of hydrogen-bond acceptors (Lipinski definition) is 6. The molecule has 0 amide bonds. The first-order valence-electron chi connectivity index (χ1n) is 31.0. The van der Waals surface area contributed by atoms with E-state index in [2.05, 4.69) is 179 Å². The maximum Gasteiger partial charge on any atom is 0.306 e. The molecule has 6 nitrogen and oxygen atoms in total. The molecule has 6 heteroatoms. The Kier molecular flexibility index (Phi) is 59.5. The Bertz CT molecular complexity index is 1740. The Morgan fingerprint density at radius 2 is 0.468 bits per heavy atom. The van der Waals surface area contributed by atoms with Crippen molar-refractivity contribution in [3.05, 3.63) is 158 Å². The van der Waals surface area contributed by atoms with Gasteiger partial charge < -0.3 is 14.2 Å². The van der Waals surface area contributed by atoms with Crippen LogP contribution in [-0.4, -0.2) is 37.2 Å². The van der Waals surface area contributed by atoms with Crippen molar-refractivity contribution in [3.8, 4) is 0 Å². The van der Waals surface area contributed by atoms with Gasteiger partial charge in [0.2, 0.25) is 0 Å². The van der Waals surface area contributed by atoms with Gasteiger partial charge in [0, 0.05) is 19.3 Å². The summed E-state index contributed by atoms with van der Waals surface area (Å²) in [5.74, 6) is -0.983. The molecule has 0 aliphatic rings. The fourth-order valence-corrected chi connectivity index (χ4v) is 7.98. The highest BCUT2D eigenvalue weighted by Crippen LogP contribution is 2.14. The summed E-state index contributed by atoms with van der Waals surface area (Å²) in [7, 11) is 0. The van der Waals surface area contributed by atoms with Crippen molar-refractivity contribution in [2.24, 2.45) is 0 Å². The highest BCUT2D eigenvalue weighted by Gasteiger charge is 2.19. The minimum atomic E-state index is -0.818. The zero-order chi connectivity index (χ0) is 55.7. The number of esters is 3. The van der Waals surface area contributed by atoms with Crippen molar-refractivity contribution in [1.29, 1.82) is 0 Å². The smallest absolute Gasteiger partial charge is 0.306 e. The van der Waals surface area contributed by atoms with Crippen LogP contribution in [0.15, 0.2) is 158 Å². The Morgan fingerprint density at radius 3 is 0.753 bits per heavy atom. The summed E-state index contributed by atoms with van der Waals surface area (Å²) in [5.41, 5.74) is 0. The number of ether oxygens (including phenoxy) is 3. The topological polar surface area (TPSA) is 78.9 Å². The number of hydrogen-bond donors (Lipinski definition) is 0. The fraction of sp³-hybridized carbons (Fsp3) is 0.592. The monoisotopic (exact) mass is 1060 g/mol. The van der Waals surface area contributed by atoms with Crippen LogP contribution in [0.5, 0.6) is 0 Å². The van der Waals surface area contributed by atoms with E-state index in [0.717, 1.165) is 148 Å². The second kappa shape index (κ2) is 63.6. The van der Waals surface area contributed by atoms with Crippen LogP contribution in [0.1, 0.15) is 252 Å². The first-order chi connectivity index (χ1) is 38.0. The lowest BCUT2D eigenvalue weighted by atomic mass is 10.0. The Balaban J connectivity index is 4.42. The standard InChI is InChI=1S/C71H112O6/c1-4-7-10-13-16-19-22-25-28-30-31-32-33-34-35-36-37-38-39-41-43-46-49-52-55-58-61-64-70(73)76-67-68(66-75-69(72)63-60-57-54-51-48-45-42-27-24-21-18-15-12-9-6-3)77-71(74)65-62-59-56-53-50-47-44-40-29-26-23-20-17-14-11-8-5-2/h7-12,16-21,25-29,31-32,34-35,42,44,47-48,51,68H,4-6,13-15,22-24,30,33,36-41,43,45-46,49-50,52-67H2,1-3H3/b10-7-,11-8-,12-9-,19-16-,20-17-,21-18-,28-25-,29-26-,32-31-,35-34-,42-27-,47-44-,51-48-. The molecule has 1 unspecified atom stereocenters. The molecular formula is C71H112O6. The molecule has 0 aromatic carbocycles. The zero-order valence-electron chi connectivity index (χ0n) is 49.4. The van der Waals surface area contributed by atoms with Crippen molar-refractivity contribution >= 4 is 17.9 Å². The Labute approximate surface area is 473 Å². The minimum absolute atomic E-state index is 0.109. The molecule has 1 atom stereocenters. The van der Waals surface area contributed by atoms with Crippen molar-refractivity contribution in [3.63, 3.8) is 0 Å². The third kappa shape index (κ3) is 61.8. The number of unbranched alkanes of at least 4 members (excludes halogenated alkanes) is 17. The molecule has 0 rings (SSSR count). The molecule has 0 N–H and O–H groups in total. The molecule has 0 fully saturated rings. The molecule has 0 heterocycles. The summed E-state index contributed by atoms with van der Waals surface area (Å²) >= 11 is 0. The summed E-state index contributed by atoms with van der Waals surface area (Å²) in [6, 6.07) is 0. The predicted molar refractivity (Wildman–Crippen MR) is 334 cm³/mol. The molecule has 0 bridgehead atoms. The number of carbonyl (C=O) groups is 3. The lowest BCUT2D eigenvalue weighted by molar-refractivity contribution is -0.167. The second-order valence-electron chi connectivity index (χ2n) is 19.8. The van der Waals surface area contributed by atoms with Crippen molar-refractivity contribution in [2.45, 2.75) is 258 Å². The van der Waals surface area contributed by atoms with Crippen molar-refractivity contribution < 1.29 is 28.6 Å². The minimum Gasteiger partial charge on any atom is -0.462 e. The SMILES string of the molecule is CC/C=C\C/C=C\C/C=C\C/C=C\C/C=C\CCCCCCCCCCCCCC(=O)OCC(COC(=O)CCCC/C=C\C/C=C\C/C=C\C/C=C\CC)OC(=O)CCCCCC/C=C\C/C=C\C/C=C\C/C=C\CC. The lowest BCUT2D eigenvalue weighted by Gasteiger charge is -2.18. The summed E-state index contributed by atoms with van der Waals surface area (Å²) in [6.45, 7) is 6.23. The van der Waals surface area contributed by atoms with Crippen LogP contribution < -0.4 is 0 Å². The van der Waals surface area contributed by atoms with Gasteiger partial charge in [-0.15, -0.1) is 0 Å². The number of rotatable bonds is 54. The average molecular weight is 1060 g/mol. The quantitative estimate of drug-likeness (QED) is 0.0261. The van der Waals surface area contributed by atoms with Crippen LogP contribution in [0, 0.1) is 0 Å². The van der Waals surface area contributed by atoms with Gasteiger partial charge in [-0.3, -0.25) is 14.4 Å². The highest BCUT2D eigenvalue weighted by molar-refractivity contribution is 5.71. The Morgan fingerprint density at radius 1 is 0.260 bits per heavy atom. The third-order valence-corrected chi connectivity index (χ3v) is 12.5. The Hall–Kier alpha value is -4.97. The van der Waals surface area contributed by atoms with E-state index in [9.17, 15) is 14.4 Å². The zero-order valence-corrected chi connectivity index (χ0v) is 49.4. The van der Waals surface area contributed by atoms with Crippen LogP contribution in [0.2, 0.25) is 0 Å². The molecule has 0 aromatic heterocycles. The van der Waals surface area contributed by atoms with E-state index in [-0.39, 0.29) is 37.5 Å². The van der Waals surface area contributed by atoms with Crippen LogP contribution >= 0.6 is 0 Å². The highest BCUT2D eigenvalue weighted by atomic mass is 16.6. The largest absolute Gasteiger partial charge is 0.462 e.